The average Bonchev–Trinajstić information content (AvgIpc) is 3.28. The summed E-state index contributed by atoms with van der Waals surface area (Å²) < 4.78 is 140. The average molecular weight is 1150 g/mol. The first kappa shape index (κ1) is 67.3. The molecule has 0 spiro atoms. The van der Waals surface area contributed by atoms with Crippen LogP contribution in [0.5, 0.6) is 0 Å². The Kier molecular flexibility index (Phi) is 25.4. The number of nitrogens with zero attached hydrogens (tertiary/aromatic N) is 8. The third-order valence-corrected chi connectivity index (χ3v) is 12.2. The Labute approximate surface area is 519 Å². The van der Waals surface area contributed by atoms with Crippen LogP contribution in [0.3, 0.4) is 0 Å². The van der Waals surface area contributed by atoms with Crippen LogP contribution >= 0.6 is 0 Å². The van der Waals surface area contributed by atoms with Gasteiger partial charge in [-0.3, -0.25) is 0 Å². The van der Waals surface area contributed by atoms with Crippen LogP contribution in [0, 0.1) is 0 Å². The van der Waals surface area contributed by atoms with Crippen molar-refractivity contribution in [2.24, 2.45) is 52.4 Å². The van der Waals surface area contributed by atoms with Crippen LogP contribution in [0.25, 0.3) is 0 Å². The van der Waals surface area contributed by atoms with Crippen LogP contribution in [0.4, 0.5) is 82.6 Å². The molecule has 0 saturated heterocycles. The fraction of sp³-hybridized carbons (Fsp3) is 0. The SMILES string of the molecule is NC(=O)Nc1cc(NC(=O)Nc2ccc(N=Nc3ccc(N=Nc4ccc(S(=O)(=O)[O-])cc4)cc3S(=O)(=O)[O-])c(NC(N)=O)c2)ccc1N=Nc1ccc(N=Nc2ccc(S(=O)(=O)[O-])cc2)cc1S(=O)(=O)[O-].[Na+].[Na+].[Na+].[Na+]. The normalized spacial score (nSPS) is 11.7. The number of benzene rings is 6. The Hall–Kier alpha value is -4.83. The van der Waals surface area contributed by atoms with Crippen molar-refractivity contribution in [3.63, 3.8) is 0 Å². The van der Waals surface area contributed by atoms with Gasteiger partial charge < -0.3 is 50.9 Å². The second-order valence-corrected chi connectivity index (χ2v) is 19.4. The van der Waals surface area contributed by atoms with Gasteiger partial charge in [-0.05, 0) is 121 Å². The van der Waals surface area contributed by atoms with Crippen molar-refractivity contribution in [1.82, 2.24) is 0 Å². The molecule has 0 aliphatic heterocycles. The topological polar surface area (TPSA) is 479 Å². The van der Waals surface area contributed by atoms with Gasteiger partial charge in [0.1, 0.15) is 63.2 Å². The van der Waals surface area contributed by atoms with E-state index in [9.17, 15) is 66.3 Å². The van der Waals surface area contributed by atoms with Gasteiger partial charge in [0.05, 0.1) is 53.7 Å². The van der Waals surface area contributed by atoms with Crippen LogP contribution < -0.4 is 151 Å². The standard InChI is InChI=1S/C39H32N14O15S4.4Na/c40-37(54)44-33-17-23(5-13-29(33)50-52-31-15-7-25(19-35(31)71(63,64)65)48-46-21-1-9-27(10-2-21)69(57,58)59)42-39(56)43-24-6-14-30(34(18-24)45-38(41)55)51-53-32-16-8-26(20-36(32)72(66,67)68)49-47-22-3-11-28(12-4-22)70(60,61)62;;;;/h1-20H,(H3,40,44,54)(H3,41,45,55)(H2,42,43,56)(H,57,58,59)(H,60,61,62)(H,63,64,65)(H,66,67,68);;;;/q;4*+1/p-4. The molecule has 76 heavy (non-hydrogen) atoms. The number of anilines is 4. The van der Waals surface area contributed by atoms with Crippen molar-refractivity contribution in [3.05, 3.63) is 121 Å². The van der Waals surface area contributed by atoms with Gasteiger partial charge in [0.25, 0.3) is 0 Å². The molecule has 0 aliphatic carbocycles. The summed E-state index contributed by atoms with van der Waals surface area (Å²) in [6.07, 6.45) is 0. The van der Waals surface area contributed by atoms with Crippen molar-refractivity contribution < 1.29 is 184 Å². The molecule has 372 valence electrons. The van der Waals surface area contributed by atoms with Gasteiger partial charge in [-0.25, -0.2) is 48.1 Å². The summed E-state index contributed by atoms with van der Waals surface area (Å²) >= 11 is 0. The van der Waals surface area contributed by atoms with Crippen molar-refractivity contribution in [1.29, 1.82) is 0 Å². The Balaban J connectivity index is 0.00000494. The Morgan fingerprint density at radius 2 is 0.645 bits per heavy atom. The molecule has 29 nitrogen and oxygen atoms in total. The van der Waals surface area contributed by atoms with E-state index in [-0.39, 0.29) is 175 Å². The minimum atomic E-state index is -5.23. The summed E-state index contributed by atoms with van der Waals surface area (Å²) in [5, 5.41) is 40.2. The predicted octanol–water partition coefficient (Wildman–Crippen LogP) is -4.39. The first-order valence-electron chi connectivity index (χ1n) is 19.2. The van der Waals surface area contributed by atoms with E-state index in [2.05, 4.69) is 62.2 Å². The van der Waals surface area contributed by atoms with E-state index in [1.54, 1.807) is 0 Å². The van der Waals surface area contributed by atoms with E-state index >= 15 is 0 Å². The van der Waals surface area contributed by atoms with Crippen molar-refractivity contribution >= 4 is 127 Å². The van der Waals surface area contributed by atoms with Crippen LogP contribution in [0.1, 0.15) is 0 Å². The first-order chi connectivity index (χ1) is 33.7. The Morgan fingerprint density at radius 3 is 0.947 bits per heavy atom. The molecule has 0 aromatic heterocycles. The number of nitrogens with two attached hydrogens (primary N) is 2. The maximum absolute atomic E-state index is 13.1. The molecule has 0 heterocycles. The zero-order valence-corrected chi connectivity index (χ0v) is 50.8. The largest absolute Gasteiger partial charge is 1.00 e. The maximum atomic E-state index is 13.1. The molecule has 0 unspecified atom stereocenters. The third kappa shape index (κ3) is 19.9. The maximum Gasteiger partial charge on any atom is 1.00 e. The van der Waals surface area contributed by atoms with Gasteiger partial charge in [0, 0.05) is 11.4 Å². The molecule has 0 radical (unpaired) electrons. The molecule has 0 saturated carbocycles. The fourth-order valence-corrected chi connectivity index (χ4v) is 7.86. The number of azo groups is 4. The van der Waals surface area contributed by atoms with Gasteiger partial charge in [-0.15, -0.1) is 20.5 Å². The van der Waals surface area contributed by atoms with Gasteiger partial charge in [0.2, 0.25) is 0 Å². The number of hydrogen-bond acceptors (Lipinski definition) is 23. The van der Waals surface area contributed by atoms with Gasteiger partial charge >= 0.3 is 136 Å². The summed E-state index contributed by atoms with van der Waals surface area (Å²) in [5.74, 6) is 0. The number of nitrogens with one attached hydrogen (secondary N) is 4. The Bertz CT molecular complexity index is 3510. The molecular weight excluding hydrogens is 1120 g/mol. The van der Waals surface area contributed by atoms with Crippen LogP contribution in [0.2, 0.25) is 0 Å². The molecule has 37 heteroatoms. The molecule has 8 N–H and O–H groups in total. The molecule has 0 aliphatic rings. The van der Waals surface area contributed by atoms with E-state index in [1.165, 1.54) is 48.5 Å². The number of carbonyl (C=O) groups excluding carboxylic acids is 3. The minimum Gasteiger partial charge on any atom is -0.744 e. The van der Waals surface area contributed by atoms with E-state index in [1.807, 2.05) is 0 Å². The summed E-state index contributed by atoms with van der Waals surface area (Å²) in [7, 11) is -19.9. The van der Waals surface area contributed by atoms with Crippen LogP contribution in [-0.2, 0) is 40.5 Å². The number of rotatable bonds is 16. The van der Waals surface area contributed by atoms with E-state index in [4.69, 9.17) is 11.5 Å². The zero-order chi connectivity index (χ0) is 52.6. The summed E-state index contributed by atoms with van der Waals surface area (Å²) in [5.41, 5.74) is 8.88. The summed E-state index contributed by atoms with van der Waals surface area (Å²) in [4.78, 5) is 34.1. The molecular formula is C39H28N14Na4O15S4. The summed E-state index contributed by atoms with van der Waals surface area (Å²) in [6.45, 7) is 0. The van der Waals surface area contributed by atoms with Gasteiger partial charge in [0.15, 0.2) is 0 Å². The van der Waals surface area contributed by atoms with Crippen molar-refractivity contribution in [3.8, 4) is 0 Å². The monoisotopic (exact) mass is 1150 g/mol. The smallest absolute Gasteiger partial charge is 0.744 e. The number of amides is 6. The second kappa shape index (κ2) is 28.7. The van der Waals surface area contributed by atoms with E-state index < -0.39 is 89.5 Å². The summed E-state index contributed by atoms with van der Waals surface area (Å²) in [6, 6.07) is 19.0. The second-order valence-electron chi connectivity index (χ2n) is 13.9. The number of urea groups is 3. The van der Waals surface area contributed by atoms with E-state index in [0.717, 1.165) is 72.8 Å². The van der Waals surface area contributed by atoms with Gasteiger partial charge in [-0.2, -0.15) is 20.5 Å². The molecule has 0 fully saturated rings. The minimum absolute atomic E-state index is 0. The van der Waals surface area contributed by atoms with Crippen molar-refractivity contribution in [2.75, 3.05) is 21.3 Å². The molecule has 6 rings (SSSR count). The predicted molar refractivity (Wildman–Crippen MR) is 246 cm³/mol. The molecule has 0 bridgehead atoms. The molecule has 6 amide bonds. The molecule has 0 atom stereocenters. The first-order valence-corrected chi connectivity index (χ1v) is 24.8. The van der Waals surface area contributed by atoms with Crippen molar-refractivity contribution in [2.45, 2.75) is 19.6 Å². The van der Waals surface area contributed by atoms with E-state index in [0.29, 0.717) is 0 Å². The molecule has 6 aromatic carbocycles. The van der Waals surface area contributed by atoms with Crippen LogP contribution in [-0.4, -0.2) is 70.0 Å². The fourth-order valence-electron chi connectivity index (χ4n) is 5.66. The van der Waals surface area contributed by atoms with Gasteiger partial charge in [-0.1, -0.05) is 0 Å². The molecule has 6 aromatic rings. The number of hydrogen-bond donors (Lipinski definition) is 6. The number of primary amides is 2. The Morgan fingerprint density at radius 1 is 0.355 bits per heavy atom. The number of carbonyl (C=O) groups is 3. The van der Waals surface area contributed by atoms with Crippen LogP contribution in [0.15, 0.2) is 182 Å². The zero-order valence-electron chi connectivity index (χ0n) is 39.5. The third-order valence-electron chi connectivity index (χ3n) is 8.79. The quantitative estimate of drug-likeness (QED) is 0.0303.